The SMILES string of the molecule is COc1ccc(C2CCCN2CC(=O)N(C)C2CCS(=O)(=O)C2)cc1. The summed E-state index contributed by atoms with van der Waals surface area (Å²) < 4.78 is 28.5. The Balaban J connectivity index is 1.63. The van der Waals surface area contributed by atoms with Crippen LogP contribution in [0, 0.1) is 0 Å². The molecule has 2 atom stereocenters. The topological polar surface area (TPSA) is 66.9 Å². The van der Waals surface area contributed by atoms with Crippen LogP contribution in [0.25, 0.3) is 0 Å². The molecular formula is C18H26N2O4S. The second kappa shape index (κ2) is 7.33. The van der Waals surface area contributed by atoms with E-state index in [1.54, 1.807) is 19.1 Å². The van der Waals surface area contributed by atoms with Gasteiger partial charge in [0, 0.05) is 19.1 Å². The van der Waals surface area contributed by atoms with E-state index in [0.717, 1.165) is 25.1 Å². The number of carbonyl (C=O) groups is 1. The normalized spacial score (nSPS) is 25.8. The molecule has 1 aromatic rings. The predicted molar refractivity (Wildman–Crippen MR) is 96.4 cm³/mol. The molecule has 7 heteroatoms. The third-order valence-corrected chi connectivity index (χ3v) is 7.10. The lowest BCUT2D eigenvalue weighted by Crippen LogP contribution is -2.43. The number of methoxy groups -OCH3 is 1. The van der Waals surface area contributed by atoms with Crippen molar-refractivity contribution < 1.29 is 17.9 Å². The fourth-order valence-corrected chi connectivity index (χ4v) is 5.56. The molecule has 0 spiro atoms. The van der Waals surface area contributed by atoms with Crippen molar-refractivity contribution in [1.82, 2.24) is 9.80 Å². The minimum atomic E-state index is -2.98. The number of nitrogens with zero attached hydrogens (tertiary/aromatic N) is 2. The molecule has 2 saturated heterocycles. The molecule has 2 heterocycles. The molecule has 2 aliphatic heterocycles. The molecule has 0 aliphatic carbocycles. The average Bonchev–Trinajstić information content (AvgIpc) is 3.20. The van der Waals surface area contributed by atoms with Crippen molar-refractivity contribution in [3.63, 3.8) is 0 Å². The van der Waals surface area contributed by atoms with Crippen molar-refractivity contribution in [3.8, 4) is 5.75 Å². The molecule has 2 aliphatic rings. The van der Waals surface area contributed by atoms with Gasteiger partial charge < -0.3 is 9.64 Å². The van der Waals surface area contributed by atoms with Crippen LogP contribution in [0.1, 0.15) is 30.9 Å². The van der Waals surface area contributed by atoms with Crippen LogP contribution in [-0.4, -0.2) is 68.9 Å². The second-order valence-corrected chi connectivity index (χ2v) is 9.19. The number of benzene rings is 1. The highest BCUT2D eigenvalue weighted by atomic mass is 32.2. The Morgan fingerprint density at radius 3 is 2.60 bits per heavy atom. The summed E-state index contributed by atoms with van der Waals surface area (Å²) in [6, 6.07) is 8.06. The van der Waals surface area contributed by atoms with Gasteiger partial charge in [0.25, 0.3) is 0 Å². The third-order valence-electron chi connectivity index (χ3n) is 5.35. The minimum absolute atomic E-state index is 0.00233. The van der Waals surface area contributed by atoms with E-state index in [1.807, 2.05) is 12.1 Å². The van der Waals surface area contributed by atoms with Crippen LogP contribution in [0.4, 0.5) is 0 Å². The van der Waals surface area contributed by atoms with E-state index in [4.69, 9.17) is 4.74 Å². The van der Waals surface area contributed by atoms with Gasteiger partial charge in [-0.1, -0.05) is 12.1 Å². The Morgan fingerprint density at radius 2 is 2.00 bits per heavy atom. The van der Waals surface area contributed by atoms with E-state index >= 15 is 0 Å². The summed E-state index contributed by atoms with van der Waals surface area (Å²) in [6.07, 6.45) is 2.64. The molecule has 1 aromatic carbocycles. The second-order valence-electron chi connectivity index (χ2n) is 6.96. The number of hydrogen-bond donors (Lipinski definition) is 0. The lowest BCUT2D eigenvalue weighted by atomic mass is 10.0. The Hall–Kier alpha value is -1.60. The predicted octanol–water partition coefficient (Wildman–Crippen LogP) is 1.48. The first-order valence-electron chi connectivity index (χ1n) is 8.74. The number of rotatable bonds is 5. The van der Waals surface area contributed by atoms with E-state index in [1.165, 1.54) is 5.56 Å². The fraction of sp³-hybridized carbons (Fsp3) is 0.611. The molecule has 138 valence electrons. The summed E-state index contributed by atoms with van der Waals surface area (Å²) in [7, 11) is 0.395. The molecule has 0 N–H and O–H groups in total. The summed E-state index contributed by atoms with van der Waals surface area (Å²) >= 11 is 0. The van der Waals surface area contributed by atoms with Crippen LogP contribution in [-0.2, 0) is 14.6 Å². The van der Waals surface area contributed by atoms with Crippen molar-refractivity contribution in [1.29, 1.82) is 0 Å². The highest BCUT2D eigenvalue weighted by Crippen LogP contribution is 2.32. The number of carbonyl (C=O) groups excluding carboxylic acids is 1. The molecule has 0 bridgehead atoms. The smallest absolute Gasteiger partial charge is 0.236 e. The number of amides is 1. The Kier molecular flexibility index (Phi) is 5.34. The van der Waals surface area contributed by atoms with Gasteiger partial charge in [0.15, 0.2) is 9.84 Å². The highest BCUT2D eigenvalue weighted by molar-refractivity contribution is 7.91. The van der Waals surface area contributed by atoms with Gasteiger partial charge in [0.05, 0.1) is 25.2 Å². The maximum Gasteiger partial charge on any atom is 0.236 e. The lowest BCUT2D eigenvalue weighted by molar-refractivity contribution is -0.133. The van der Waals surface area contributed by atoms with Gasteiger partial charge in [-0.2, -0.15) is 0 Å². The molecule has 0 saturated carbocycles. The van der Waals surface area contributed by atoms with Gasteiger partial charge in [0.2, 0.25) is 5.91 Å². The minimum Gasteiger partial charge on any atom is -0.497 e. The van der Waals surface area contributed by atoms with Crippen LogP contribution in [0.2, 0.25) is 0 Å². The summed E-state index contributed by atoms with van der Waals surface area (Å²) in [5.41, 5.74) is 1.19. The van der Waals surface area contributed by atoms with Gasteiger partial charge >= 0.3 is 0 Å². The molecule has 0 aromatic heterocycles. The standard InChI is InChI=1S/C18H26N2O4S/c1-19(15-9-11-25(22,23)13-15)18(21)12-20-10-3-4-17(20)14-5-7-16(24-2)8-6-14/h5-8,15,17H,3-4,9-13H2,1-2H3. The Bertz CT molecular complexity index is 717. The van der Waals surface area contributed by atoms with Gasteiger partial charge in [-0.3, -0.25) is 9.69 Å². The first-order chi connectivity index (χ1) is 11.9. The van der Waals surface area contributed by atoms with Gasteiger partial charge in [-0.25, -0.2) is 8.42 Å². The fourth-order valence-electron chi connectivity index (χ4n) is 3.79. The number of likely N-dealkylation sites (N-methyl/N-ethyl adjacent to an activating group) is 1. The van der Waals surface area contributed by atoms with Crippen molar-refractivity contribution in [2.45, 2.75) is 31.3 Å². The quantitative estimate of drug-likeness (QED) is 0.790. The molecule has 25 heavy (non-hydrogen) atoms. The molecule has 0 radical (unpaired) electrons. The van der Waals surface area contributed by atoms with Crippen LogP contribution < -0.4 is 4.74 Å². The summed E-state index contributed by atoms with van der Waals surface area (Å²) in [5, 5.41) is 0. The van der Waals surface area contributed by atoms with E-state index in [-0.39, 0.29) is 29.5 Å². The maximum absolute atomic E-state index is 12.6. The highest BCUT2D eigenvalue weighted by Gasteiger charge is 2.34. The number of likely N-dealkylation sites (tertiary alicyclic amines) is 1. The number of hydrogen-bond acceptors (Lipinski definition) is 5. The summed E-state index contributed by atoms with van der Waals surface area (Å²) in [5.74, 6) is 1.11. The van der Waals surface area contributed by atoms with Gasteiger partial charge in [0.1, 0.15) is 5.75 Å². The molecule has 2 fully saturated rings. The van der Waals surface area contributed by atoms with Crippen molar-refractivity contribution in [3.05, 3.63) is 29.8 Å². The van der Waals surface area contributed by atoms with E-state index in [0.29, 0.717) is 13.0 Å². The number of sulfone groups is 1. The van der Waals surface area contributed by atoms with Crippen LogP contribution in [0.5, 0.6) is 5.75 Å². The van der Waals surface area contributed by atoms with E-state index < -0.39 is 9.84 Å². The van der Waals surface area contributed by atoms with Gasteiger partial charge in [-0.05, 0) is 43.5 Å². The summed E-state index contributed by atoms with van der Waals surface area (Å²) in [6.45, 7) is 1.23. The first kappa shape index (κ1) is 18.2. The Labute approximate surface area is 149 Å². The summed E-state index contributed by atoms with van der Waals surface area (Å²) in [4.78, 5) is 16.5. The van der Waals surface area contributed by atoms with E-state index in [9.17, 15) is 13.2 Å². The monoisotopic (exact) mass is 366 g/mol. The number of ether oxygens (including phenoxy) is 1. The molecule has 2 unspecified atom stereocenters. The Morgan fingerprint density at radius 1 is 1.28 bits per heavy atom. The molecule has 6 nitrogen and oxygen atoms in total. The molecule has 3 rings (SSSR count). The van der Waals surface area contributed by atoms with E-state index in [2.05, 4.69) is 17.0 Å². The average molecular weight is 366 g/mol. The van der Waals surface area contributed by atoms with Crippen molar-refractivity contribution in [2.24, 2.45) is 0 Å². The third kappa shape index (κ3) is 4.15. The lowest BCUT2D eigenvalue weighted by Gasteiger charge is -2.29. The van der Waals surface area contributed by atoms with Crippen molar-refractivity contribution in [2.75, 3.05) is 38.8 Å². The van der Waals surface area contributed by atoms with Crippen molar-refractivity contribution >= 4 is 15.7 Å². The van der Waals surface area contributed by atoms with Crippen LogP contribution >= 0.6 is 0 Å². The maximum atomic E-state index is 12.6. The van der Waals surface area contributed by atoms with Gasteiger partial charge in [-0.15, -0.1) is 0 Å². The zero-order valence-electron chi connectivity index (χ0n) is 14.8. The van der Waals surface area contributed by atoms with Crippen LogP contribution in [0.3, 0.4) is 0 Å². The molecule has 1 amide bonds. The zero-order chi connectivity index (χ0) is 18.0. The zero-order valence-corrected chi connectivity index (χ0v) is 15.7. The first-order valence-corrected chi connectivity index (χ1v) is 10.6. The largest absolute Gasteiger partial charge is 0.497 e. The van der Waals surface area contributed by atoms with Crippen LogP contribution in [0.15, 0.2) is 24.3 Å². The molecular weight excluding hydrogens is 340 g/mol.